The molecule has 1 aliphatic heterocycles. The van der Waals surface area contributed by atoms with Crippen molar-refractivity contribution in [1.29, 1.82) is 0 Å². The molecule has 1 atom stereocenters. The predicted molar refractivity (Wildman–Crippen MR) is 69.9 cm³/mol. The number of nitrogens with one attached hydrogen (secondary N) is 1. The van der Waals surface area contributed by atoms with Crippen molar-refractivity contribution >= 4 is 5.69 Å². The van der Waals surface area contributed by atoms with E-state index in [0.717, 1.165) is 32.0 Å². The summed E-state index contributed by atoms with van der Waals surface area (Å²) in [5.41, 5.74) is 0.705. The maximum Gasteiger partial charge on any atom is 0.146 e. The average Bonchev–Trinajstić information content (AvgIpc) is 2.38. The van der Waals surface area contributed by atoms with Crippen LogP contribution in [-0.2, 0) is 0 Å². The fraction of sp³-hybridized carbons (Fsp3) is 0.571. The van der Waals surface area contributed by atoms with Gasteiger partial charge in [0.15, 0.2) is 0 Å². The van der Waals surface area contributed by atoms with Crippen molar-refractivity contribution in [3.05, 3.63) is 30.1 Å². The quantitative estimate of drug-likeness (QED) is 0.864. The number of hydrogen-bond donors (Lipinski definition) is 1. The van der Waals surface area contributed by atoms with Gasteiger partial charge in [0, 0.05) is 13.6 Å². The minimum atomic E-state index is -0.128. The Morgan fingerprint density at radius 3 is 2.94 bits per heavy atom. The summed E-state index contributed by atoms with van der Waals surface area (Å²) in [6, 6.07) is 6.98. The monoisotopic (exact) mass is 236 g/mol. The second-order valence-corrected chi connectivity index (χ2v) is 4.87. The molecule has 0 radical (unpaired) electrons. The van der Waals surface area contributed by atoms with Crippen LogP contribution in [-0.4, -0.2) is 26.7 Å². The molecule has 17 heavy (non-hydrogen) atoms. The van der Waals surface area contributed by atoms with Gasteiger partial charge in [0.05, 0.1) is 5.69 Å². The lowest BCUT2D eigenvalue weighted by molar-refractivity contribution is 0.360. The zero-order valence-corrected chi connectivity index (χ0v) is 10.5. The molecule has 1 saturated heterocycles. The molecular weight excluding hydrogens is 215 g/mol. The van der Waals surface area contributed by atoms with Gasteiger partial charge in [-0.05, 0) is 50.4 Å². The number of benzene rings is 1. The van der Waals surface area contributed by atoms with Crippen LogP contribution in [0.5, 0.6) is 0 Å². The van der Waals surface area contributed by atoms with E-state index in [1.807, 2.05) is 24.1 Å². The standard InChI is InChI=1S/C14H21FN2/c1-17(14-7-3-2-6-13(14)15)10-8-12-5-4-9-16-11-12/h2-3,6-7,12,16H,4-5,8-11H2,1H3. The number of anilines is 1. The Labute approximate surface area is 103 Å². The number of hydrogen-bond acceptors (Lipinski definition) is 2. The molecular formula is C14H21FN2. The summed E-state index contributed by atoms with van der Waals surface area (Å²) >= 11 is 0. The fourth-order valence-electron chi connectivity index (χ4n) is 2.43. The average molecular weight is 236 g/mol. The largest absolute Gasteiger partial charge is 0.372 e. The highest BCUT2D eigenvalue weighted by atomic mass is 19.1. The minimum absolute atomic E-state index is 0.128. The van der Waals surface area contributed by atoms with Crippen molar-refractivity contribution in [2.75, 3.05) is 31.6 Å². The summed E-state index contributed by atoms with van der Waals surface area (Å²) < 4.78 is 13.6. The molecule has 0 saturated carbocycles. The molecule has 2 rings (SSSR count). The first-order valence-electron chi connectivity index (χ1n) is 6.44. The van der Waals surface area contributed by atoms with E-state index < -0.39 is 0 Å². The van der Waals surface area contributed by atoms with Gasteiger partial charge in [0.1, 0.15) is 5.82 Å². The van der Waals surface area contributed by atoms with Gasteiger partial charge >= 0.3 is 0 Å². The van der Waals surface area contributed by atoms with E-state index >= 15 is 0 Å². The predicted octanol–water partition coefficient (Wildman–Crippen LogP) is 2.65. The van der Waals surface area contributed by atoms with Gasteiger partial charge < -0.3 is 10.2 Å². The Kier molecular flexibility index (Phi) is 4.37. The van der Waals surface area contributed by atoms with Gasteiger partial charge in [0.2, 0.25) is 0 Å². The topological polar surface area (TPSA) is 15.3 Å². The molecule has 1 aliphatic rings. The third kappa shape index (κ3) is 3.43. The van der Waals surface area contributed by atoms with Crippen LogP contribution >= 0.6 is 0 Å². The van der Waals surface area contributed by atoms with Crippen LogP contribution in [0.25, 0.3) is 0 Å². The number of piperidine rings is 1. The summed E-state index contributed by atoms with van der Waals surface area (Å²) in [6.45, 7) is 3.19. The fourth-order valence-corrected chi connectivity index (χ4v) is 2.43. The highest BCUT2D eigenvalue weighted by Crippen LogP contribution is 2.20. The van der Waals surface area contributed by atoms with Crippen LogP contribution in [0, 0.1) is 11.7 Å². The minimum Gasteiger partial charge on any atom is -0.372 e. The van der Waals surface area contributed by atoms with Crippen molar-refractivity contribution in [2.45, 2.75) is 19.3 Å². The summed E-state index contributed by atoms with van der Waals surface area (Å²) in [6.07, 6.45) is 3.71. The molecule has 1 fully saturated rings. The van der Waals surface area contributed by atoms with Crippen LogP contribution < -0.4 is 10.2 Å². The zero-order chi connectivity index (χ0) is 12.1. The molecule has 0 spiro atoms. The molecule has 1 heterocycles. The summed E-state index contributed by atoms with van der Waals surface area (Å²) in [5, 5.41) is 3.42. The second-order valence-electron chi connectivity index (χ2n) is 4.87. The molecule has 0 aromatic heterocycles. The molecule has 1 aromatic rings. The number of nitrogens with zero attached hydrogens (tertiary/aromatic N) is 1. The van der Waals surface area contributed by atoms with E-state index in [1.54, 1.807) is 6.07 Å². The van der Waals surface area contributed by atoms with E-state index in [0.29, 0.717) is 5.69 Å². The van der Waals surface area contributed by atoms with E-state index in [4.69, 9.17) is 0 Å². The van der Waals surface area contributed by atoms with E-state index in [2.05, 4.69) is 5.32 Å². The van der Waals surface area contributed by atoms with Gasteiger partial charge in [-0.1, -0.05) is 12.1 Å². The van der Waals surface area contributed by atoms with E-state index in [9.17, 15) is 4.39 Å². The Balaban J connectivity index is 1.84. The highest BCUT2D eigenvalue weighted by molar-refractivity contribution is 5.46. The third-order valence-corrected chi connectivity index (χ3v) is 3.54. The summed E-state index contributed by atoms with van der Waals surface area (Å²) in [4.78, 5) is 2.02. The maximum absolute atomic E-state index is 13.6. The zero-order valence-electron chi connectivity index (χ0n) is 10.5. The van der Waals surface area contributed by atoms with E-state index in [1.165, 1.54) is 18.9 Å². The number of rotatable bonds is 4. The van der Waals surface area contributed by atoms with Gasteiger partial charge in [-0.15, -0.1) is 0 Å². The van der Waals surface area contributed by atoms with Crippen molar-refractivity contribution < 1.29 is 4.39 Å². The van der Waals surface area contributed by atoms with Crippen LogP contribution in [0.3, 0.4) is 0 Å². The summed E-state index contributed by atoms with van der Waals surface area (Å²) in [7, 11) is 1.97. The Morgan fingerprint density at radius 2 is 2.24 bits per heavy atom. The van der Waals surface area contributed by atoms with Crippen molar-refractivity contribution in [3.63, 3.8) is 0 Å². The van der Waals surface area contributed by atoms with Crippen molar-refractivity contribution in [3.8, 4) is 0 Å². The lowest BCUT2D eigenvalue weighted by Gasteiger charge is -2.26. The molecule has 94 valence electrons. The maximum atomic E-state index is 13.6. The normalized spacial score (nSPS) is 20.2. The lowest BCUT2D eigenvalue weighted by atomic mass is 9.96. The van der Waals surface area contributed by atoms with Crippen LogP contribution in [0.15, 0.2) is 24.3 Å². The Bertz CT molecular complexity index is 348. The Morgan fingerprint density at radius 1 is 1.41 bits per heavy atom. The molecule has 1 N–H and O–H groups in total. The summed E-state index contributed by atoms with van der Waals surface area (Å²) in [5.74, 6) is 0.620. The first-order chi connectivity index (χ1) is 8.27. The molecule has 0 bridgehead atoms. The number of para-hydroxylation sites is 1. The molecule has 2 nitrogen and oxygen atoms in total. The van der Waals surface area contributed by atoms with Crippen LogP contribution in [0.4, 0.5) is 10.1 Å². The molecule has 3 heteroatoms. The highest BCUT2D eigenvalue weighted by Gasteiger charge is 2.14. The van der Waals surface area contributed by atoms with Crippen molar-refractivity contribution in [2.24, 2.45) is 5.92 Å². The first-order valence-corrected chi connectivity index (χ1v) is 6.44. The third-order valence-electron chi connectivity index (χ3n) is 3.54. The first kappa shape index (κ1) is 12.4. The SMILES string of the molecule is CN(CCC1CCCNC1)c1ccccc1F. The van der Waals surface area contributed by atoms with Crippen LogP contribution in [0.1, 0.15) is 19.3 Å². The molecule has 1 aromatic carbocycles. The number of halogens is 1. The van der Waals surface area contributed by atoms with Gasteiger partial charge in [0.25, 0.3) is 0 Å². The lowest BCUT2D eigenvalue weighted by Crippen LogP contribution is -2.32. The van der Waals surface area contributed by atoms with Gasteiger partial charge in [-0.2, -0.15) is 0 Å². The van der Waals surface area contributed by atoms with Gasteiger partial charge in [-0.25, -0.2) is 4.39 Å². The van der Waals surface area contributed by atoms with E-state index in [-0.39, 0.29) is 5.82 Å². The Hall–Kier alpha value is -1.09. The molecule has 0 aliphatic carbocycles. The van der Waals surface area contributed by atoms with Crippen LogP contribution in [0.2, 0.25) is 0 Å². The second kappa shape index (κ2) is 6.01. The molecule has 1 unspecified atom stereocenters. The smallest absolute Gasteiger partial charge is 0.146 e. The van der Waals surface area contributed by atoms with Gasteiger partial charge in [-0.3, -0.25) is 0 Å². The molecule has 0 amide bonds. The van der Waals surface area contributed by atoms with Crippen molar-refractivity contribution in [1.82, 2.24) is 5.32 Å².